The molecule has 0 aliphatic carbocycles. The van der Waals surface area contributed by atoms with Gasteiger partial charge in [0, 0.05) is 19.5 Å². The van der Waals surface area contributed by atoms with Gasteiger partial charge < -0.3 is 19.7 Å². The summed E-state index contributed by atoms with van der Waals surface area (Å²) in [5, 5.41) is 2.92. The highest BCUT2D eigenvalue weighted by atomic mass is 16.5. The Morgan fingerprint density at radius 2 is 1.61 bits per heavy atom. The number of ether oxygens (including phenoxy) is 2. The lowest BCUT2D eigenvalue weighted by molar-refractivity contribution is -0.139. The van der Waals surface area contributed by atoms with Crippen molar-refractivity contribution in [2.45, 2.75) is 59.4 Å². The molecule has 0 saturated heterocycles. The van der Waals surface area contributed by atoms with Crippen LogP contribution in [-0.2, 0) is 22.4 Å². The largest absolute Gasteiger partial charge is 0.490 e. The molecule has 0 bridgehead atoms. The lowest BCUT2D eigenvalue weighted by Gasteiger charge is -2.29. The molecule has 180 valence electrons. The summed E-state index contributed by atoms with van der Waals surface area (Å²) in [6.07, 6.45) is 2.45. The molecule has 2 aromatic carbocycles. The minimum Gasteiger partial charge on any atom is -0.490 e. The van der Waals surface area contributed by atoms with E-state index in [2.05, 4.69) is 5.32 Å². The Labute approximate surface area is 198 Å². The van der Waals surface area contributed by atoms with E-state index < -0.39 is 6.04 Å². The topological polar surface area (TPSA) is 67.9 Å². The fourth-order valence-electron chi connectivity index (χ4n) is 3.61. The van der Waals surface area contributed by atoms with Crippen molar-refractivity contribution in [3.63, 3.8) is 0 Å². The van der Waals surface area contributed by atoms with Gasteiger partial charge in [-0.05, 0) is 63.3 Å². The molecule has 2 amide bonds. The van der Waals surface area contributed by atoms with Crippen molar-refractivity contribution in [2.75, 3.05) is 26.3 Å². The summed E-state index contributed by atoms with van der Waals surface area (Å²) in [5.74, 6) is 1.26. The molecular formula is C27H38N2O4. The maximum atomic E-state index is 13.2. The summed E-state index contributed by atoms with van der Waals surface area (Å²) >= 11 is 0. The smallest absolute Gasteiger partial charge is 0.242 e. The first kappa shape index (κ1) is 26.2. The maximum absolute atomic E-state index is 13.2. The highest BCUT2D eigenvalue weighted by molar-refractivity contribution is 5.87. The van der Waals surface area contributed by atoms with Crippen molar-refractivity contribution in [2.24, 2.45) is 0 Å². The Kier molecular flexibility index (Phi) is 11.3. The zero-order valence-corrected chi connectivity index (χ0v) is 20.4. The van der Waals surface area contributed by atoms with Gasteiger partial charge in [-0.1, -0.05) is 43.3 Å². The first-order valence-electron chi connectivity index (χ1n) is 12.0. The zero-order chi connectivity index (χ0) is 24.1. The van der Waals surface area contributed by atoms with E-state index in [-0.39, 0.29) is 11.8 Å². The zero-order valence-electron chi connectivity index (χ0n) is 20.4. The lowest BCUT2D eigenvalue weighted by Crippen LogP contribution is -2.49. The molecular weight excluding hydrogens is 416 g/mol. The number of carbonyl (C=O) groups is 2. The van der Waals surface area contributed by atoms with Crippen LogP contribution >= 0.6 is 0 Å². The van der Waals surface area contributed by atoms with E-state index in [0.29, 0.717) is 57.1 Å². The van der Waals surface area contributed by atoms with Gasteiger partial charge in [-0.2, -0.15) is 0 Å². The fourth-order valence-corrected chi connectivity index (χ4v) is 3.61. The number of hydrogen-bond donors (Lipinski definition) is 1. The van der Waals surface area contributed by atoms with Gasteiger partial charge in [-0.15, -0.1) is 0 Å². The molecule has 0 aliphatic rings. The van der Waals surface area contributed by atoms with Crippen LogP contribution in [0.5, 0.6) is 11.5 Å². The number of aryl methyl sites for hydroxylation is 1. The van der Waals surface area contributed by atoms with Crippen LogP contribution in [-0.4, -0.2) is 49.1 Å². The summed E-state index contributed by atoms with van der Waals surface area (Å²) in [6.45, 7) is 9.89. The molecule has 0 radical (unpaired) electrons. The predicted molar refractivity (Wildman–Crippen MR) is 132 cm³/mol. The number of hydrogen-bond acceptors (Lipinski definition) is 4. The summed E-state index contributed by atoms with van der Waals surface area (Å²) in [4.78, 5) is 27.5. The second-order valence-corrected chi connectivity index (χ2v) is 7.94. The second-order valence-electron chi connectivity index (χ2n) is 7.94. The molecule has 0 fully saturated rings. The van der Waals surface area contributed by atoms with Gasteiger partial charge in [-0.25, -0.2) is 0 Å². The van der Waals surface area contributed by atoms with Crippen LogP contribution in [0.1, 0.15) is 51.7 Å². The molecule has 0 aliphatic heterocycles. The molecule has 1 N–H and O–H groups in total. The minimum absolute atomic E-state index is 0.0306. The van der Waals surface area contributed by atoms with E-state index in [1.807, 2.05) is 69.3 Å². The monoisotopic (exact) mass is 454 g/mol. The van der Waals surface area contributed by atoms with Gasteiger partial charge in [-0.3, -0.25) is 9.59 Å². The molecule has 2 rings (SSSR count). The van der Waals surface area contributed by atoms with Crippen LogP contribution in [0.25, 0.3) is 0 Å². The van der Waals surface area contributed by atoms with E-state index in [1.54, 1.807) is 11.8 Å². The summed E-state index contributed by atoms with van der Waals surface area (Å²) in [5.41, 5.74) is 2.14. The normalized spacial score (nSPS) is 11.5. The molecule has 0 heterocycles. The van der Waals surface area contributed by atoms with Crippen molar-refractivity contribution < 1.29 is 19.1 Å². The third kappa shape index (κ3) is 8.44. The fraction of sp³-hybridized carbons (Fsp3) is 0.481. The average Bonchev–Trinajstić information content (AvgIpc) is 2.83. The highest BCUT2D eigenvalue weighted by Gasteiger charge is 2.25. The SMILES string of the molecule is CCCNC(=O)[C@@H](C)N(CCc1ccccc1)C(=O)CCc1ccc(OCC)c(OCC)c1. The van der Waals surface area contributed by atoms with E-state index in [1.165, 1.54) is 0 Å². The first-order chi connectivity index (χ1) is 16.0. The van der Waals surface area contributed by atoms with Crippen LogP contribution in [0.4, 0.5) is 0 Å². The third-order valence-corrected chi connectivity index (χ3v) is 5.44. The van der Waals surface area contributed by atoms with Crippen LogP contribution < -0.4 is 14.8 Å². The number of benzene rings is 2. The summed E-state index contributed by atoms with van der Waals surface area (Å²) < 4.78 is 11.3. The second kappa shape index (κ2) is 14.2. The van der Waals surface area contributed by atoms with E-state index >= 15 is 0 Å². The predicted octanol–water partition coefficient (Wildman–Crippen LogP) is 4.40. The Hall–Kier alpha value is -3.02. The highest BCUT2D eigenvalue weighted by Crippen LogP contribution is 2.29. The standard InChI is InChI=1S/C27H38N2O4/c1-5-18-28-27(31)21(4)29(19-17-22-11-9-8-10-12-22)26(30)16-14-23-13-15-24(32-6-2)25(20-23)33-7-3/h8-13,15,20-21H,5-7,14,16-19H2,1-4H3,(H,28,31)/t21-/m1/s1. The Morgan fingerprint density at radius 1 is 0.909 bits per heavy atom. The van der Waals surface area contributed by atoms with Crippen molar-refractivity contribution in [3.05, 3.63) is 59.7 Å². The van der Waals surface area contributed by atoms with Gasteiger partial charge in [0.2, 0.25) is 11.8 Å². The number of amides is 2. The number of carbonyl (C=O) groups excluding carboxylic acids is 2. The van der Waals surface area contributed by atoms with Gasteiger partial charge in [0.25, 0.3) is 0 Å². The van der Waals surface area contributed by atoms with Gasteiger partial charge in [0.1, 0.15) is 6.04 Å². The maximum Gasteiger partial charge on any atom is 0.242 e. The molecule has 0 spiro atoms. The molecule has 0 saturated carbocycles. The molecule has 1 atom stereocenters. The van der Waals surface area contributed by atoms with Crippen LogP contribution in [0.15, 0.2) is 48.5 Å². The van der Waals surface area contributed by atoms with Crippen molar-refractivity contribution >= 4 is 11.8 Å². The van der Waals surface area contributed by atoms with E-state index in [9.17, 15) is 9.59 Å². The molecule has 6 heteroatoms. The average molecular weight is 455 g/mol. The Morgan fingerprint density at radius 3 is 2.27 bits per heavy atom. The van der Waals surface area contributed by atoms with Gasteiger partial charge >= 0.3 is 0 Å². The molecule has 33 heavy (non-hydrogen) atoms. The minimum atomic E-state index is -0.521. The molecule has 0 aromatic heterocycles. The molecule has 2 aromatic rings. The van der Waals surface area contributed by atoms with Crippen molar-refractivity contribution in [1.29, 1.82) is 0 Å². The summed E-state index contributed by atoms with van der Waals surface area (Å²) in [6, 6.07) is 15.3. The third-order valence-electron chi connectivity index (χ3n) is 5.44. The van der Waals surface area contributed by atoms with E-state index in [4.69, 9.17) is 9.47 Å². The van der Waals surface area contributed by atoms with Crippen LogP contribution in [0, 0.1) is 0 Å². The Bertz CT molecular complexity index is 870. The number of nitrogens with one attached hydrogen (secondary N) is 1. The molecule has 6 nitrogen and oxygen atoms in total. The van der Waals surface area contributed by atoms with Crippen molar-refractivity contribution in [3.8, 4) is 11.5 Å². The van der Waals surface area contributed by atoms with Gasteiger partial charge in [0.15, 0.2) is 11.5 Å². The summed E-state index contributed by atoms with van der Waals surface area (Å²) in [7, 11) is 0. The first-order valence-corrected chi connectivity index (χ1v) is 12.0. The van der Waals surface area contributed by atoms with Gasteiger partial charge in [0.05, 0.1) is 13.2 Å². The quantitative estimate of drug-likeness (QED) is 0.459. The van der Waals surface area contributed by atoms with Crippen LogP contribution in [0.2, 0.25) is 0 Å². The number of rotatable bonds is 14. The lowest BCUT2D eigenvalue weighted by atomic mass is 10.1. The molecule has 0 unspecified atom stereocenters. The van der Waals surface area contributed by atoms with E-state index in [0.717, 1.165) is 17.5 Å². The van der Waals surface area contributed by atoms with Crippen LogP contribution in [0.3, 0.4) is 0 Å². The Balaban J connectivity index is 2.09. The van der Waals surface area contributed by atoms with Crippen molar-refractivity contribution in [1.82, 2.24) is 10.2 Å². The number of nitrogens with zero attached hydrogens (tertiary/aromatic N) is 1.